The van der Waals surface area contributed by atoms with Gasteiger partial charge in [0.1, 0.15) is 0 Å². The zero-order chi connectivity index (χ0) is 8.88. The summed E-state index contributed by atoms with van der Waals surface area (Å²) in [5.41, 5.74) is 0.587. The van der Waals surface area contributed by atoms with E-state index >= 15 is 0 Å². The number of aliphatic carboxylic acids is 1. The van der Waals surface area contributed by atoms with Gasteiger partial charge in [0, 0.05) is 11.0 Å². The van der Waals surface area contributed by atoms with E-state index in [1.54, 1.807) is 0 Å². The van der Waals surface area contributed by atoms with E-state index in [1.807, 2.05) is 13.0 Å². The fourth-order valence-electron chi connectivity index (χ4n) is 2.40. The number of carboxylic acid groups (broad SMARTS) is 1. The molecule has 2 nitrogen and oxygen atoms in total. The van der Waals surface area contributed by atoms with E-state index < -0.39 is 5.97 Å². The summed E-state index contributed by atoms with van der Waals surface area (Å²) in [6, 6.07) is 0. The molecule has 0 aliphatic heterocycles. The molecule has 2 aliphatic rings. The van der Waals surface area contributed by atoms with Crippen molar-refractivity contribution in [1.82, 2.24) is 0 Å². The molecule has 66 valence electrons. The molecule has 0 aromatic heterocycles. The normalized spacial score (nSPS) is 44.7. The van der Waals surface area contributed by atoms with E-state index in [1.165, 1.54) is 0 Å². The summed E-state index contributed by atoms with van der Waals surface area (Å²) in [6.07, 6.45) is 2.78. The molecule has 4 atom stereocenters. The van der Waals surface area contributed by atoms with Crippen molar-refractivity contribution >= 4 is 17.6 Å². The van der Waals surface area contributed by atoms with Gasteiger partial charge in [-0.1, -0.05) is 13.0 Å². The minimum absolute atomic E-state index is 0.151. The van der Waals surface area contributed by atoms with Crippen LogP contribution >= 0.6 is 11.6 Å². The summed E-state index contributed by atoms with van der Waals surface area (Å²) in [4.78, 5) is 10.7. The van der Waals surface area contributed by atoms with Crippen LogP contribution in [-0.2, 0) is 4.79 Å². The molecule has 4 unspecified atom stereocenters. The highest BCUT2D eigenvalue weighted by Gasteiger charge is 2.46. The molecule has 1 saturated carbocycles. The Hall–Kier alpha value is -0.500. The number of carbonyl (C=O) groups is 1. The standard InChI is InChI=1S/C9H11ClO2/c1-4-6-2-5(8(4)10)3-7(6)9(11)12/h3-6,8H,2H2,1H3,(H,11,12). The van der Waals surface area contributed by atoms with Crippen LogP contribution in [0.4, 0.5) is 0 Å². The van der Waals surface area contributed by atoms with Gasteiger partial charge in [-0.3, -0.25) is 0 Å². The molecule has 0 aromatic rings. The maximum Gasteiger partial charge on any atom is 0.331 e. The maximum absolute atomic E-state index is 10.7. The summed E-state index contributed by atoms with van der Waals surface area (Å²) in [7, 11) is 0. The van der Waals surface area contributed by atoms with Gasteiger partial charge in [-0.25, -0.2) is 4.79 Å². The van der Waals surface area contributed by atoms with Gasteiger partial charge < -0.3 is 5.11 Å². The highest BCUT2D eigenvalue weighted by Crippen LogP contribution is 2.49. The zero-order valence-electron chi connectivity index (χ0n) is 6.83. The topological polar surface area (TPSA) is 37.3 Å². The Bertz CT molecular complexity index is 259. The summed E-state index contributed by atoms with van der Waals surface area (Å²) in [5.74, 6) is 0.0680. The average Bonchev–Trinajstić information content (AvgIpc) is 2.53. The molecule has 2 rings (SSSR count). The highest BCUT2D eigenvalue weighted by atomic mass is 35.5. The molecule has 2 bridgehead atoms. The van der Waals surface area contributed by atoms with Gasteiger partial charge in [0.2, 0.25) is 0 Å². The molecule has 0 saturated heterocycles. The quantitative estimate of drug-likeness (QED) is 0.635. The smallest absolute Gasteiger partial charge is 0.331 e. The second-order valence-corrected chi connectivity index (χ2v) is 4.24. The first-order chi connectivity index (χ1) is 5.61. The molecule has 0 spiro atoms. The summed E-state index contributed by atoms with van der Waals surface area (Å²) in [5, 5.41) is 8.98. The van der Waals surface area contributed by atoms with Crippen molar-refractivity contribution in [2.45, 2.75) is 18.7 Å². The second-order valence-electron chi connectivity index (χ2n) is 3.74. The first-order valence-corrected chi connectivity index (χ1v) is 4.64. The number of fused-ring (bicyclic) bond motifs is 2. The van der Waals surface area contributed by atoms with Crippen molar-refractivity contribution in [2.24, 2.45) is 17.8 Å². The van der Waals surface area contributed by atoms with Crippen molar-refractivity contribution in [3.63, 3.8) is 0 Å². The van der Waals surface area contributed by atoms with Crippen molar-refractivity contribution in [3.05, 3.63) is 11.6 Å². The third-order valence-corrected chi connectivity index (χ3v) is 3.83. The summed E-state index contributed by atoms with van der Waals surface area (Å²) < 4.78 is 0. The molecular formula is C9H11ClO2. The molecule has 0 heterocycles. The number of hydrogen-bond acceptors (Lipinski definition) is 1. The van der Waals surface area contributed by atoms with Crippen LogP contribution in [-0.4, -0.2) is 16.5 Å². The van der Waals surface area contributed by atoms with E-state index in [0.29, 0.717) is 17.4 Å². The van der Waals surface area contributed by atoms with Crippen LogP contribution < -0.4 is 0 Å². The fraction of sp³-hybridized carbons (Fsp3) is 0.667. The third-order valence-electron chi connectivity index (χ3n) is 3.11. The van der Waals surface area contributed by atoms with Crippen LogP contribution in [0.25, 0.3) is 0 Å². The van der Waals surface area contributed by atoms with Crippen molar-refractivity contribution < 1.29 is 9.90 Å². The van der Waals surface area contributed by atoms with Crippen molar-refractivity contribution in [3.8, 4) is 0 Å². The third kappa shape index (κ3) is 0.908. The van der Waals surface area contributed by atoms with Crippen LogP contribution in [0.3, 0.4) is 0 Å². The molecule has 1 N–H and O–H groups in total. The van der Waals surface area contributed by atoms with Gasteiger partial charge in [-0.05, 0) is 24.2 Å². The fourth-order valence-corrected chi connectivity index (χ4v) is 2.76. The van der Waals surface area contributed by atoms with Crippen LogP contribution in [0.2, 0.25) is 0 Å². The highest BCUT2D eigenvalue weighted by molar-refractivity contribution is 6.21. The molecule has 0 amide bonds. The van der Waals surface area contributed by atoms with Crippen LogP contribution in [0.5, 0.6) is 0 Å². The maximum atomic E-state index is 10.7. The monoisotopic (exact) mass is 186 g/mol. The predicted molar refractivity (Wildman–Crippen MR) is 46.1 cm³/mol. The zero-order valence-corrected chi connectivity index (χ0v) is 7.58. The van der Waals surface area contributed by atoms with Gasteiger partial charge in [0.25, 0.3) is 0 Å². The van der Waals surface area contributed by atoms with Gasteiger partial charge in [0.15, 0.2) is 0 Å². The summed E-state index contributed by atoms with van der Waals surface area (Å²) >= 11 is 6.09. The molecule has 2 aliphatic carbocycles. The lowest BCUT2D eigenvalue weighted by Gasteiger charge is -2.21. The lowest BCUT2D eigenvalue weighted by Crippen LogP contribution is -2.22. The Labute approximate surface area is 76.2 Å². The SMILES string of the molecule is CC1C2CC(C=C2C(=O)O)C1Cl. The Morgan fingerprint density at radius 3 is 2.83 bits per heavy atom. The van der Waals surface area contributed by atoms with Gasteiger partial charge in [-0.15, -0.1) is 11.6 Å². The minimum Gasteiger partial charge on any atom is -0.478 e. The van der Waals surface area contributed by atoms with Gasteiger partial charge in [0.05, 0.1) is 0 Å². The van der Waals surface area contributed by atoms with E-state index in [4.69, 9.17) is 16.7 Å². The minimum atomic E-state index is -0.766. The average molecular weight is 187 g/mol. The molecule has 3 heteroatoms. The number of alkyl halides is 1. The lowest BCUT2D eigenvalue weighted by atomic mass is 9.88. The molecule has 0 radical (unpaired) electrons. The lowest BCUT2D eigenvalue weighted by molar-refractivity contribution is -0.133. The first-order valence-electron chi connectivity index (χ1n) is 4.20. The number of hydrogen-bond donors (Lipinski definition) is 1. The van der Waals surface area contributed by atoms with E-state index in [2.05, 4.69) is 0 Å². The van der Waals surface area contributed by atoms with Gasteiger partial charge >= 0.3 is 5.97 Å². The number of rotatable bonds is 1. The number of halogens is 1. The Morgan fingerprint density at radius 2 is 2.42 bits per heavy atom. The molecule has 0 aromatic carbocycles. The van der Waals surface area contributed by atoms with Crippen LogP contribution in [0.15, 0.2) is 11.6 Å². The first kappa shape index (κ1) is 8.11. The second kappa shape index (κ2) is 2.49. The Morgan fingerprint density at radius 1 is 1.75 bits per heavy atom. The van der Waals surface area contributed by atoms with E-state index in [9.17, 15) is 4.79 Å². The summed E-state index contributed by atoms with van der Waals surface area (Å²) in [6.45, 7) is 2.04. The van der Waals surface area contributed by atoms with Crippen LogP contribution in [0.1, 0.15) is 13.3 Å². The van der Waals surface area contributed by atoms with E-state index in [0.717, 1.165) is 6.42 Å². The van der Waals surface area contributed by atoms with Crippen molar-refractivity contribution in [1.29, 1.82) is 0 Å². The number of allylic oxidation sites excluding steroid dienone is 1. The van der Waals surface area contributed by atoms with Gasteiger partial charge in [-0.2, -0.15) is 0 Å². The predicted octanol–water partition coefficient (Wildman–Crippen LogP) is 1.89. The largest absolute Gasteiger partial charge is 0.478 e. The van der Waals surface area contributed by atoms with Crippen LogP contribution in [0, 0.1) is 17.8 Å². The van der Waals surface area contributed by atoms with Crippen molar-refractivity contribution in [2.75, 3.05) is 0 Å². The Kier molecular flexibility index (Phi) is 1.69. The molecular weight excluding hydrogens is 176 g/mol. The number of carboxylic acids is 1. The molecule has 12 heavy (non-hydrogen) atoms. The Balaban J connectivity index is 2.29. The molecule has 1 fully saturated rings. The van der Waals surface area contributed by atoms with E-state index in [-0.39, 0.29) is 11.3 Å².